The lowest BCUT2D eigenvalue weighted by Crippen LogP contribution is -2.02. The van der Waals surface area contributed by atoms with E-state index in [9.17, 15) is 9.90 Å². The van der Waals surface area contributed by atoms with E-state index >= 15 is 0 Å². The smallest absolute Gasteiger partial charge is 0.339 e. The fraction of sp³-hybridized carbons (Fsp3) is 0. The number of hydrogen-bond acceptors (Lipinski definition) is 4. The summed E-state index contributed by atoms with van der Waals surface area (Å²) in [6, 6.07) is 4.13. The predicted molar refractivity (Wildman–Crippen MR) is 50.0 cm³/mol. The van der Waals surface area contributed by atoms with Crippen molar-refractivity contribution in [2.75, 3.05) is 0 Å². The van der Waals surface area contributed by atoms with Gasteiger partial charge in [0, 0.05) is 0 Å². The number of benzene rings is 1. The van der Waals surface area contributed by atoms with Gasteiger partial charge in [0.05, 0.1) is 18.1 Å². The van der Waals surface area contributed by atoms with E-state index in [-0.39, 0.29) is 11.3 Å². The Kier molecular flexibility index (Phi) is 2.09. The molecular weight excluding hydrogens is 198 g/mol. The number of phenols is 1. The van der Waals surface area contributed by atoms with E-state index in [0.29, 0.717) is 5.69 Å². The Balaban J connectivity index is 2.52. The molecule has 15 heavy (non-hydrogen) atoms. The first kappa shape index (κ1) is 9.20. The van der Waals surface area contributed by atoms with Crippen LogP contribution in [-0.4, -0.2) is 31.2 Å². The van der Waals surface area contributed by atoms with E-state index in [1.54, 1.807) is 0 Å². The van der Waals surface area contributed by atoms with Crippen LogP contribution in [0.4, 0.5) is 0 Å². The molecule has 0 saturated carbocycles. The third-order valence-electron chi connectivity index (χ3n) is 1.86. The van der Waals surface area contributed by atoms with Gasteiger partial charge in [0.25, 0.3) is 0 Å². The first-order chi connectivity index (χ1) is 7.18. The van der Waals surface area contributed by atoms with Crippen molar-refractivity contribution in [2.24, 2.45) is 0 Å². The van der Waals surface area contributed by atoms with Gasteiger partial charge in [0.15, 0.2) is 0 Å². The molecule has 0 saturated heterocycles. The maximum atomic E-state index is 10.7. The highest BCUT2D eigenvalue weighted by atomic mass is 16.4. The molecule has 2 aromatic rings. The third-order valence-corrected chi connectivity index (χ3v) is 1.86. The van der Waals surface area contributed by atoms with Gasteiger partial charge in [-0.15, -0.1) is 0 Å². The van der Waals surface area contributed by atoms with Gasteiger partial charge in [-0.1, -0.05) is 0 Å². The Morgan fingerprint density at radius 2 is 1.93 bits per heavy atom. The Morgan fingerprint density at radius 1 is 1.27 bits per heavy atom. The fourth-order valence-corrected chi connectivity index (χ4v) is 1.17. The highest BCUT2D eigenvalue weighted by molar-refractivity contribution is 5.91. The SMILES string of the molecule is O=C(O)c1cc(-n2nccn2)ccc1O. The number of hydrogen-bond donors (Lipinski definition) is 2. The zero-order valence-corrected chi connectivity index (χ0v) is 7.53. The molecule has 76 valence electrons. The van der Waals surface area contributed by atoms with Crippen LogP contribution in [0.2, 0.25) is 0 Å². The number of carbonyl (C=O) groups is 1. The summed E-state index contributed by atoms with van der Waals surface area (Å²) >= 11 is 0. The van der Waals surface area contributed by atoms with Gasteiger partial charge in [0.1, 0.15) is 11.3 Å². The summed E-state index contributed by atoms with van der Waals surface area (Å²) in [6.45, 7) is 0. The normalized spacial score (nSPS) is 10.1. The molecule has 0 aliphatic rings. The van der Waals surface area contributed by atoms with Crippen LogP contribution in [0.15, 0.2) is 30.6 Å². The van der Waals surface area contributed by atoms with Crippen molar-refractivity contribution < 1.29 is 15.0 Å². The van der Waals surface area contributed by atoms with Crippen LogP contribution in [0.3, 0.4) is 0 Å². The summed E-state index contributed by atoms with van der Waals surface area (Å²) in [5.74, 6) is -1.47. The lowest BCUT2D eigenvalue weighted by Gasteiger charge is -2.02. The minimum absolute atomic E-state index is 0.176. The molecule has 0 fully saturated rings. The van der Waals surface area contributed by atoms with Crippen LogP contribution in [0.25, 0.3) is 5.69 Å². The molecule has 1 heterocycles. The van der Waals surface area contributed by atoms with Gasteiger partial charge in [-0.25, -0.2) is 4.79 Å². The molecule has 1 aromatic carbocycles. The minimum Gasteiger partial charge on any atom is -0.507 e. The van der Waals surface area contributed by atoms with Gasteiger partial charge in [0.2, 0.25) is 0 Å². The summed E-state index contributed by atoms with van der Waals surface area (Å²) in [5.41, 5.74) is 0.306. The lowest BCUT2D eigenvalue weighted by atomic mass is 10.2. The summed E-state index contributed by atoms with van der Waals surface area (Å²) < 4.78 is 0. The first-order valence-corrected chi connectivity index (χ1v) is 4.11. The van der Waals surface area contributed by atoms with Gasteiger partial charge in [-0.2, -0.15) is 15.0 Å². The highest BCUT2D eigenvalue weighted by Crippen LogP contribution is 2.19. The van der Waals surface area contributed by atoms with Crippen molar-refractivity contribution in [2.45, 2.75) is 0 Å². The van der Waals surface area contributed by atoms with Gasteiger partial charge in [-0.3, -0.25) is 0 Å². The maximum absolute atomic E-state index is 10.7. The van der Waals surface area contributed by atoms with Gasteiger partial charge >= 0.3 is 5.97 Å². The quantitative estimate of drug-likeness (QED) is 0.752. The Morgan fingerprint density at radius 3 is 2.53 bits per heavy atom. The van der Waals surface area contributed by atoms with Crippen LogP contribution in [-0.2, 0) is 0 Å². The van der Waals surface area contributed by atoms with Crippen molar-refractivity contribution in [3.63, 3.8) is 0 Å². The van der Waals surface area contributed by atoms with Gasteiger partial charge < -0.3 is 10.2 Å². The molecule has 0 amide bonds. The topological polar surface area (TPSA) is 88.2 Å². The average Bonchev–Trinajstić information content (AvgIpc) is 2.71. The number of aromatic hydroxyl groups is 1. The van der Waals surface area contributed by atoms with E-state index < -0.39 is 5.97 Å². The zero-order valence-electron chi connectivity index (χ0n) is 7.53. The predicted octanol–water partition coefficient (Wildman–Crippen LogP) is 0.671. The minimum atomic E-state index is -1.19. The monoisotopic (exact) mass is 205 g/mol. The van der Waals surface area contributed by atoms with Crippen LogP contribution in [0.5, 0.6) is 5.75 Å². The molecule has 0 spiro atoms. The molecule has 6 nitrogen and oxygen atoms in total. The first-order valence-electron chi connectivity index (χ1n) is 4.11. The Labute approximate surface area is 84.4 Å². The van der Waals surface area contributed by atoms with Crippen molar-refractivity contribution in [1.29, 1.82) is 0 Å². The number of nitrogens with zero attached hydrogens (tertiary/aromatic N) is 3. The molecule has 0 aliphatic heterocycles. The van der Waals surface area contributed by atoms with Crippen molar-refractivity contribution >= 4 is 5.97 Å². The zero-order chi connectivity index (χ0) is 10.8. The Hall–Kier alpha value is -2.37. The largest absolute Gasteiger partial charge is 0.507 e. The van der Waals surface area contributed by atoms with Crippen molar-refractivity contribution in [3.05, 3.63) is 36.2 Å². The molecule has 1 aromatic heterocycles. The van der Waals surface area contributed by atoms with Crippen molar-refractivity contribution in [3.8, 4) is 11.4 Å². The molecule has 0 aliphatic carbocycles. The van der Waals surface area contributed by atoms with E-state index in [1.165, 1.54) is 35.4 Å². The molecule has 6 heteroatoms. The van der Waals surface area contributed by atoms with Crippen LogP contribution in [0.1, 0.15) is 10.4 Å². The second kappa shape index (κ2) is 3.41. The van der Waals surface area contributed by atoms with E-state index in [4.69, 9.17) is 5.11 Å². The summed E-state index contributed by atoms with van der Waals surface area (Å²) in [4.78, 5) is 12.0. The highest BCUT2D eigenvalue weighted by Gasteiger charge is 2.11. The molecule has 0 unspecified atom stereocenters. The number of aromatic nitrogens is 3. The fourth-order valence-electron chi connectivity index (χ4n) is 1.17. The number of rotatable bonds is 2. The second-order valence-electron chi connectivity index (χ2n) is 2.83. The molecule has 0 radical (unpaired) electrons. The number of aromatic carboxylic acids is 1. The number of carboxylic acid groups (broad SMARTS) is 1. The molecule has 2 rings (SSSR count). The molecular formula is C9H7N3O3. The summed E-state index contributed by atoms with van der Waals surface area (Å²) in [7, 11) is 0. The summed E-state index contributed by atoms with van der Waals surface area (Å²) in [5, 5.41) is 25.7. The molecule has 0 bridgehead atoms. The van der Waals surface area contributed by atoms with E-state index in [1.807, 2.05) is 0 Å². The lowest BCUT2D eigenvalue weighted by molar-refractivity contribution is 0.0693. The van der Waals surface area contributed by atoms with Crippen LogP contribution < -0.4 is 0 Å². The summed E-state index contributed by atoms with van der Waals surface area (Å²) in [6.07, 6.45) is 2.96. The van der Waals surface area contributed by atoms with E-state index in [2.05, 4.69) is 10.2 Å². The van der Waals surface area contributed by atoms with Crippen LogP contribution in [0, 0.1) is 0 Å². The Bertz CT molecular complexity index is 493. The van der Waals surface area contributed by atoms with Gasteiger partial charge in [-0.05, 0) is 18.2 Å². The number of carboxylic acids is 1. The standard InChI is InChI=1S/C9H7N3O3/c13-8-2-1-6(5-7(8)9(14)15)12-10-3-4-11-12/h1-5,13H,(H,14,15). The van der Waals surface area contributed by atoms with Crippen molar-refractivity contribution in [1.82, 2.24) is 15.0 Å². The van der Waals surface area contributed by atoms with E-state index in [0.717, 1.165) is 0 Å². The van der Waals surface area contributed by atoms with Crippen LogP contribution >= 0.6 is 0 Å². The second-order valence-corrected chi connectivity index (χ2v) is 2.83. The third kappa shape index (κ3) is 1.64. The molecule has 2 N–H and O–H groups in total. The maximum Gasteiger partial charge on any atom is 0.339 e. The molecule has 0 atom stereocenters. The average molecular weight is 205 g/mol.